The molecule has 2 aromatic carbocycles. The summed E-state index contributed by atoms with van der Waals surface area (Å²) in [5.41, 5.74) is 1.66. The largest absolute Gasteiger partial charge is 0.492 e. The maximum absolute atomic E-state index is 11.3. The molecule has 1 aromatic heterocycles. The van der Waals surface area contributed by atoms with E-state index in [2.05, 4.69) is 20.7 Å². The van der Waals surface area contributed by atoms with Crippen LogP contribution in [-0.2, 0) is 9.53 Å². The Morgan fingerprint density at radius 3 is 2.76 bits per heavy atom. The summed E-state index contributed by atoms with van der Waals surface area (Å²) in [6, 6.07) is 13.4. The molecule has 1 heterocycles. The second-order valence-corrected chi connectivity index (χ2v) is 5.66. The molecule has 0 aliphatic heterocycles. The van der Waals surface area contributed by atoms with E-state index in [1.807, 2.05) is 42.5 Å². The van der Waals surface area contributed by atoms with Crippen LogP contribution in [0.3, 0.4) is 0 Å². The third-order valence-corrected chi connectivity index (χ3v) is 3.84. The van der Waals surface area contributed by atoms with Crippen molar-refractivity contribution in [1.82, 2.24) is 0 Å². The highest BCUT2D eigenvalue weighted by Gasteiger charge is 2.16. The Balaban J connectivity index is 1.87. The molecule has 1 atom stereocenters. The number of hydrogen-bond donors (Lipinski definition) is 0. The first-order valence-electron chi connectivity index (χ1n) is 6.45. The number of methoxy groups -OCH3 is 1. The Hall–Kier alpha value is -2.01. The van der Waals surface area contributed by atoms with Crippen molar-refractivity contribution >= 4 is 43.8 Å². The zero-order valence-electron chi connectivity index (χ0n) is 11.3. The highest BCUT2D eigenvalue weighted by atomic mass is 79.9. The van der Waals surface area contributed by atoms with Gasteiger partial charge in [-0.15, -0.1) is 0 Å². The average molecular weight is 349 g/mol. The predicted molar refractivity (Wildman–Crippen MR) is 83.9 cm³/mol. The van der Waals surface area contributed by atoms with Crippen LogP contribution < -0.4 is 4.74 Å². The van der Waals surface area contributed by atoms with Gasteiger partial charge in [0.15, 0.2) is 0 Å². The van der Waals surface area contributed by atoms with Crippen molar-refractivity contribution in [3.8, 4) is 5.75 Å². The molecule has 0 radical (unpaired) electrons. The van der Waals surface area contributed by atoms with Crippen molar-refractivity contribution in [2.45, 2.75) is 4.83 Å². The number of furan rings is 1. The summed E-state index contributed by atoms with van der Waals surface area (Å²) in [5, 5.41) is 2.04. The Morgan fingerprint density at radius 2 is 1.95 bits per heavy atom. The van der Waals surface area contributed by atoms with Crippen LogP contribution in [0.1, 0.15) is 0 Å². The van der Waals surface area contributed by atoms with Gasteiger partial charge in [-0.1, -0.05) is 34.1 Å². The molecular weight excluding hydrogens is 336 g/mol. The maximum atomic E-state index is 11.3. The fraction of sp³-hybridized carbons (Fsp3) is 0.188. The summed E-state index contributed by atoms with van der Waals surface area (Å²) >= 11 is 3.22. The molecule has 0 N–H and O–H groups in total. The first-order chi connectivity index (χ1) is 10.2. The summed E-state index contributed by atoms with van der Waals surface area (Å²) in [6.07, 6.45) is 0. The zero-order valence-corrected chi connectivity index (χ0v) is 12.9. The van der Waals surface area contributed by atoms with E-state index in [-0.39, 0.29) is 12.6 Å². The zero-order chi connectivity index (χ0) is 14.8. The number of carbonyl (C=O) groups is 1. The lowest BCUT2D eigenvalue weighted by Gasteiger charge is -2.09. The van der Waals surface area contributed by atoms with Crippen molar-refractivity contribution < 1.29 is 18.7 Å². The van der Waals surface area contributed by atoms with Crippen LogP contribution in [0.25, 0.3) is 21.9 Å². The van der Waals surface area contributed by atoms with Gasteiger partial charge in [0.2, 0.25) is 0 Å². The first kappa shape index (κ1) is 13.9. The normalized spacial score (nSPS) is 12.5. The molecule has 0 aliphatic rings. The number of carbonyl (C=O) groups excluding carboxylic acids is 1. The number of esters is 1. The third-order valence-electron chi connectivity index (χ3n) is 3.20. The fourth-order valence-electron chi connectivity index (χ4n) is 2.16. The molecule has 0 bridgehead atoms. The molecule has 0 spiro atoms. The first-order valence-corrected chi connectivity index (χ1v) is 7.36. The van der Waals surface area contributed by atoms with E-state index in [4.69, 9.17) is 9.15 Å². The molecule has 5 heteroatoms. The molecule has 3 aromatic rings. The second-order valence-electron chi connectivity index (χ2n) is 4.56. The van der Waals surface area contributed by atoms with Gasteiger partial charge in [-0.05, 0) is 24.3 Å². The van der Waals surface area contributed by atoms with E-state index in [0.29, 0.717) is 5.75 Å². The summed E-state index contributed by atoms with van der Waals surface area (Å²) < 4.78 is 16.0. The second kappa shape index (κ2) is 5.77. The minimum atomic E-state index is -0.487. The molecule has 1 unspecified atom stereocenters. The van der Waals surface area contributed by atoms with E-state index in [1.165, 1.54) is 7.11 Å². The molecule has 0 amide bonds. The number of fused-ring (bicyclic) bond motifs is 3. The number of para-hydroxylation sites is 1. The van der Waals surface area contributed by atoms with Crippen LogP contribution in [0.4, 0.5) is 0 Å². The van der Waals surface area contributed by atoms with Gasteiger partial charge in [0.25, 0.3) is 0 Å². The molecule has 4 nitrogen and oxygen atoms in total. The van der Waals surface area contributed by atoms with E-state index in [0.717, 1.165) is 21.9 Å². The summed E-state index contributed by atoms with van der Waals surface area (Å²) in [6.45, 7) is 0.202. The van der Waals surface area contributed by atoms with Gasteiger partial charge < -0.3 is 13.9 Å². The van der Waals surface area contributed by atoms with Crippen LogP contribution in [0.2, 0.25) is 0 Å². The molecule has 21 heavy (non-hydrogen) atoms. The van der Waals surface area contributed by atoms with Gasteiger partial charge >= 0.3 is 5.97 Å². The van der Waals surface area contributed by atoms with Crippen LogP contribution in [0, 0.1) is 0 Å². The van der Waals surface area contributed by atoms with E-state index >= 15 is 0 Å². The Morgan fingerprint density at radius 1 is 1.19 bits per heavy atom. The van der Waals surface area contributed by atoms with Crippen LogP contribution in [-0.4, -0.2) is 24.5 Å². The average Bonchev–Trinajstić information content (AvgIpc) is 2.89. The van der Waals surface area contributed by atoms with Crippen molar-refractivity contribution in [1.29, 1.82) is 0 Å². The fourth-order valence-corrected chi connectivity index (χ4v) is 2.48. The van der Waals surface area contributed by atoms with Crippen LogP contribution in [0.15, 0.2) is 46.9 Å². The van der Waals surface area contributed by atoms with Gasteiger partial charge in [0.1, 0.15) is 28.3 Å². The molecule has 0 saturated carbocycles. The Labute approximate surface area is 129 Å². The lowest BCUT2D eigenvalue weighted by Crippen LogP contribution is -2.22. The van der Waals surface area contributed by atoms with Gasteiger partial charge in [0, 0.05) is 10.8 Å². The Bertz CT molecular complexity index is 793. The molecule has 0 aliphatic carbocycles. The summed E-state index contributed by atoms with van der Waals surface area (Å²) in [4.78, 5) is 10.8. The van der Waals surface area contributed by atoms with E-state index in [9.17, 15) is 4.79 Å². The van der Waals surface area contributed by atoms with Crippen molar-refractivity contribution in [3.05, 3.63) is 42.5 Å². The Kier molecular flexibility index (Phi) is 3.84. The molecule has 0 fully saturated rings. The highest BCUT2D eigenvalue weighted by Crippen LogP contribution is 2.31. The van der Waals surface area contributed by atoms with Crippen molar-refractivity contribution in [2.75, 3.05) is 13.7 Å². The van der Waals surface area contributed by atoms with Gasteiger partial charge in [0.05, 0.1) is 7.11 Å². The maximum Gasteiger partial charge on any atom is 0.322 e. The van der Waals surface area contributed by atoms with Crippen LogP contribution in [0.5, 0.6) is 5.75 Å². The molecular formula is C16H13BrO4. The number of rotatable bonds is 4. The quantitative estimate of drug-likeness (QED) is 0.529. The summed E-state index contributed by atoms with van der Waals surface area (Å²) in [5.74, 6) is 0.326. The minimum absolute atomic E-state index is 0.202. The molecule has 0 saturated heterocycles. The van der Waals surface area contributed by atoms with Gasteiger partial charge in [-0.2, -0.15) is 0 Å². The number of hydrogen-bond acceptors (Lipinski definition) is 4. The predicted octanol–water partition coefficient (Wildman–Crippen LogP) is 3.90. The highest BCUT2D eigenvalue weighted by molar-refractivity contribution is 9.10. The SMILES string of the molecule is COC(=O)C(Br)COc1ccc2oc3ccccc3c2c1. The topological polar surface area (TPSA) is 48.7 Å². The number of ether oxygens (including phenoxy) is 2. The number of benzene rings is 2. The lowest BCUT2D eigenvalue weighted by atomic mass is 10.1. The van der Waals surface area contributed by atoms with Gasteiger partial charge in [-0.3, -0.25) is 4.79 Å². The molecule has 108 valence electrons. The summed E-state index contributed by atoms with van der Waals surface area (Å²) in [7, 11) is 1.35. The van der Waals surface area contributed by atoms with E-state index < -0.39 is 4.83 Å². The monoisotopic (exact) mass is 348 g/mol. The number of alkyl halides is 1. The smallest absolute Gasteiger partial charge is 0.322 e. The van der Waals surface area contributed by atoms with Gasteiger partial charge in [-0.25, -0.2) is 0 Å². The van der Waals surface area contributed by atoms with Crippen molar-refractivity contribution in [3.63, 3.8) is 0 Å². The van der Waals surface area contributed by atoms with E-state index in [1.54, 1.807) is 0 Å². The standard InChI is InChI=1S/C16H13BrO4/c1-19-16(18)13(17)9-20-10-6-7-15-12(8-10)11-4-2-3-5-14(11)21-15/h2-8,13H,9H2,1H3. The molecule has 3 rings (SSSR count). The minimum Gasteiger partial charge on any atom is -0.492 e. The lowest BCUT2D eigenvalue weighted by molar-refractivity contribution is -0.140. The number of halogens is 1. The third kappa shape index (κ3) is 2.74. The van der Waals surface area contributed by atoms with Crippen LogP contribution >= 0.6 is 15.9 Å². The van der Waals surface area contributed by atoms with Crippen molar-refractivity contribution in [2.24, 2.45) is 0 Å².